The maximum atomic E-state index is 13.5. The number of halogens is 1. The number of amides is 3. The average molecular weight is 481 g/mol. The van der Waals surface area contributed by atoms with Crippen molar-refractivity contribution in [1.82, 2.24) is 15.1 Å². The van der Waals surface area contributed by atoms with E-state index >= 15 is 0 Å². The summed E-state index contributed by atoms with van der Waals surface area (Å²) < 4.78 is 13.1. The number of nitrogens with zero attached hydrogens (tertiary/aromatic N) is 2. The third-order valence-electron chi connectivity index (χ3n) is 7.05. The molecule has 0 spiro atoms. The first-order chi connectivity index (χ1) is 16.8. The summed E-state index contributed by atoms with van der Waals surface area (Å²) in [4.78, 5) is 42.2. The smallest absolute Gasteiger partial charge is 0.249 e. The minimum absolute atomic E-state index is 0.0224. The van der Waals surface area contributed by atoms with Crippen molar-refractivity contribution in [3.8, 4) is 0 Å². The van der Waals surface area contributed by atoms with Crippen LogP contribution in [-0.4, -0.2) is 66.8 Å². The molecule has 3 N–H and O–H groups in total. The maximum absolute atomic E-state index is 13.5. The van der Waals surface area contributed by atoms with E-state index in [4.69, 9.17) is 5.73 Å². The van der Waals surface area contributed by atoms with Crippen molar-refractivity contribution in [3.05, 3.63) is 71.0 Å². The molecule has 7 nitrogen and oxygen atoms in total. The van der Waals surface area contributed by atoms with Crippen molar-refractivity contribution >= 4 is 17.7 Å². The Bertz CT molecular complexity index is 1070. The molecule has 2 aromatic carbocycles. The minimum atomic E-state index is -0.560. The molecule has 1 aliphatic carbocycles. The maximum Gasteiger partial charge on any atom is 0.249 e. The molecule has 0 aromatic heterocycles. The molecule has 2 aliphatic rings. The second kappa shape index (κ2) is 11.0. The van der Waals surface area contributed by atoms with Gasteiger partial charge in [0.2, 0.25) is 17.7 Å². The largest absolute Gasteiger partial charge is 0.366 e. The Hall–Kier alpha value is -3.26. The Labute approximate surface area is 205 Å². The number of nitrogens with two attached hydrogens (primary N) is 1. The average Bonchev–Trinajstić information content (AvgIpc) is 3.61. The van der Waals surface area contributed by atoms with Crippen LogP contribution in [-0.2, 0) is 9.59 Å². The highest BCUT2D eigenvalue weighted by Gasteiger charge is 2.39. The van der Waals surface area contributed by atoms with E-state index < -0.39 is 11.8 Å². The van der Waals surface area contributed by atoms with Gasteiger partial charge in [-0.25, -0.2) is 4.39 Å². The molecule has 0 radical (unpaired) electrons. The monoisotopic (exact) mass is 480 g/mol. The standard InChI is InChI=1S/C27H33FN4O3/c1-31-13-15-32(16-14-31)27(35)22(20-5-2-3-6-21(20)26(29)34)7-4-8-25(33)30-24-17-23(24)18-9-11-19(28)12-10-18/h2-3,5-6,9-12,22-24H,4,7-8,13-17H2,1H3,(H2,29,34)(H,30,33)/t22-,23-,24+/m0/s1. The van der Waals surface area contributed by atoms with E-state index in [0.717, 1.165) is 25.1 Å². The third kappa shape index (κ3) is 6.25. The number of nitrogens with one attached hydrogen (secondary N) is 1. The van der Waals surface area contributed by atoms with Gasteiger partial charge in [-0.2, -0.15) is 0 Å². The number of carbonyl (C=O) groups is 3. The SMILES string of the molecule is CN1CCN(C(=O)[C@@H](CCCC(=O)N[C@@H]2C[C@H]2c2ccc(F)cc2)c2ccccc2C(N)=O)CC1. The van der Waals surface area contributed by atoms with Gasteiger partial charge in [-0.3, -0.25) is 14.4 Å². The van der Waals surface area contributed by atoms with Gasteiger partial charge in [0.05, 0.1) is 5.92 Å². The molecule has 1 saturated carbocycles. The van der Waals surface area contributed by atoms with E-state index in [-0.39, 0.29) is 36.0 Å². The van der Waals surface area contributed by atoms with Crippen LogP contribution in [0.4, 0.5) is 4.39 Å². The fraction of sp³-hybridized carbons (Fsp3) is 0.444. The van der Waals surface area contributed by atoms with Crippen LogP contribution in [0.3, 0.4) is 0 Å². The summed E-state index contributed by atoms with van der Waals surface area (Å²) >= 11 is 0. The summed E-state index contributed by atoms with van der Waals surface area (Å²) in [5, 5.41) is 3.05. The lowest BCUT2D eigenvalue weighted by atomic mass is 9.88. The van der Waals surface area contributed by atoms with Crippen LogP contribution in [0.1, 0.15) is 59.0 Å². The third-order valence-corrected chi connectivity index (χ3v) is 7.05. The first-order valence-electron chi connectivity index (χ1n) is 12.2. The molecule has 1 saturated heterocycles. The number of hydrogen-bond acceptors (Lipinski definition) is 4. The van der Waals surface area contributed by atoms with Gasteiger partial charge in [-0.1, -0.05) is 30.3 Å². The van der Waals surface area contributed by atoms with Gasteiger partial charge >= 0.3 is 0 Å². The second-order valence-corrected chi connectivity index (χ2v) is 9.59. The van der Waals surface area contributed by atoms with Crippen LogP contribution in [0.5, 0.6) is 0 Å². The molecule has 1 heterocycles. The molecule has 3 amide bonds. The molecule has 3 atom stereocenters. The zero-order valence-corrected chi connectivity index (χ0v) is 20.1. The number of carbonyl (C=O) groups excluding carboxylic acids is 3. The Kier molecular flexibility index (Phi) is 7.80. The van der Waals surface area contributed by atoms with Crippen molar-refractivity contribution in [3.63, 3.8) is 0 Å². The van der Waals surface area contributed by atoms with Crippen LogP contribution in [0, 0.1) is 5.82 Å². The Morgan fingerprint density at radius 1 is 1.06 bits per heavy atom. The topological polar surface area (TPSA) is 95.7 Å². The lowest BCUT2D eigenvalue weighted by Gasteiger charge is -2.35. The molecular formula is C27H33FN4O3. The van der Waals surface area contributed by atoms with Crippen molar-refractivity contribution in [2.75, 3.05) is 33.2 Å². The summed E-state index contributed by atoms with van der Waals surface area (Å²) in [5.41, 5.74) is 7.61. The van der Waals surface area contributed by atoms with Crippen LogP contribution in [0.25, 0.3) is 0 Å². The van der Waals surface area contributed by atoms with E-state index in [0.29, 0.717) is 37.1 Å². The predicted octanol–water partition coefficient (Wildman–Crippen LogP) is 2.62. The number of hydrogen-bond donors (Lipinski definition) is 2. The second-order valence-electron chi connectivity index (χ2n) is 9.59. The molecule has 0 bridgehead atoms. The first kappa shape index (κ1) is 24.9. The van der Waals surface area contributed by atoms with E-state index in [1.165, 1.54) is 12.1 Å². The molecule has 2 aromatic rings. The summed E-state index contributed by atoms with van der Waals surface area (Å²) in [5.74, 6) is -1.22. The highest BCUT2D eigenvalue weighted by Crippen LogP contribution is 2.40. The quantitative estimate of drug-likeness (QED) is 0.577. The summed E-state index contributed by atoms with van der Waals surface area (Å²) in [6.07, 6.45) is 2.09. The van der Waals surface area contributed by atoms with Crippen molar-refractivity contribution in [1.29, 1.82) is 0 Å². The van der Waals surface area contributed by atoms with Crippen LogP contribution >= 0.6 is 0 Å². The zero-order chi connectivity index (χ0) is 24.9. The highest BCUT2D eigenvalue weighted by atomic mass is 19.1. The van der Waals surface area contributed by atoms with E-state index in [1.54, 1.807) is 36.4 Å². The van der Waals surface area contributed by atoms with Crippen molar-refractivity contribution < 1.29 is 18.8 Å². The summed E-state index contributed by atoms with van der Waals surface area (Å²) in [7, 11) is 2.03. The summed E-state index contributed by atoms with van der Waals surface area (Å²) in [6, 6.07) is 13.4. The van der Waals surface area contributed by atoms with E-state index in [2.05, 4.69) is 10.2 Å². The molecule has 186 valence electrons. The zero-order valence-electron chi connectivity index (χ0n) is 20.1. The minimum Gasteiger partial charge on any atom is -0.366 e. The summed E-state index contributed by atoms with van der Waals surface area (Å²) in [6.45, 7) is 2.87. The molecule has 2 fully saturated rings. The van der Waals surface area contributed by atoms with Gasteiger partial charge in [-0.15, -0.1) is 0 Å². The van der Waals surface area contributed by atoms with Crippen molar-refractivity contribution in [2.24, 2.45) is 5.73 Å². The molecular weight excluding hydrogens is 447 g/mol. The number of likely N-dealkylation sites (N-methyl/N-ethyl adjacent to an activating group) is 1. The first-order valence-corrected chi connectivity index (χ1v) is 12.2. The lowest BCUT2D eigenvalue weighted by Crippen LogP contribution is -2.48. The van der Waals surface area contributed by atoms with Crippen LogP contribution < -0.4 is 11.1 Å². The fourth-order valence-electron chi connectivity index (χ4n) is 4.86. The molecule has 8 heteroatoms. The van der Waals surface area contributed by atoms with E-state index in [1.807, 2.05) is 11.9 Å². The fourth-order valence-corrected chi connectivity index (χ4v) is 4.86. The number of piperazine rings is 1. The van der Waals surface area contributed by atoms with Crippen LogP contribution in [0.15, 0.2) is 48.5 Å². The predicted molar refractivity (Wildman–Crippen MR) is 131 cm³/mol. The lowest BCUT2D eigenvalue weighted by molar-refractivity contribution is -0.134. The van der Waals surface area contributed by atoms with Gasteiger partial charge < -0.3 is 20.9 Å². The normalized spacial score (nSPS) is 20.8. The van der Waals surface area contributed by atoms with Crippen LogP contribution in [0.2, 0.25) is 0 Å². The molecule has 35 heavy (non-hydrogen) atoms. The molecule has 0 unspecified atom stereocenters. The van der Waals surface area contributed by atoms with Crippen molar-refractivity contribution in [2.45, 2.75) is 43.6 Å². The number of benzene rings is 2. The van der Waals surface area contributed by atoms with Gasteiger partial charge in [-0.05, 0) is 55.6 Å². The number of primary amides is 1. The van der Waals surface area contributed by atoms with Gasteiger partial charge in [0, 0.05) is 50.1 Å². The Morgan fingerprint density at radius 3 is 2.43 bits per heavy atom. The van der Waals surface area contributed by atoms with Gasteiger partial charge in [0.25, 0.3) is 0 Å². The Balaban J connectivity index is 1.36. The molecule has 4 rings (SSSR count). The van der Waals surface area contributed by atoms with Gasteiger partial charge in [0.1, 0.15) is 5.82 Å². The van der Waals surface area contributed by atoms with Gasteiger partial charge in [0.15, 0.2) is 0 Å². The Morgan fingerprint density at radius 2 is 1.74 bits per heavy atom. The number of rotatable bonds is 9. The molecule has 1 aliphatic heterocycles. The highest BCUT2D eigenvalue weighted by molar-refractivity contribution is 5.97. The van der Waals surface area contributed by atoms with E-state index in [9.17, 15) is 18.8 Å².